The van der Waals surface area contributed by atoms with Gasteiger partial charge >= 0.3 is 0 Å². The second-order valence-corrected chi connectivity index (χ2v) is 5.70. The molecule has 0 bridgehead atoms. The van der Waals surface area contributed by atoms with E-state index in [4.69, 9.17) is 4.74 Å². The first-order valence-electron chi connectivity index (χ1n) is 5.07. The van der Waals surface area contributed by atoms with E-state index < -0.39 is 0 Å². The zero-order chi connectivity index (χ0) is 10.7. The van der Waals surface area contributed by atoms with Gasteiger partial charge in [0.1, 0.15) is 5.78 Å². The van der Waals surface area contributed by atoms with E-state index in [1.54, 1.807) is 11.3 Å². The van der Waals surface area contributed by atoms with Crippen LogP contribution in [0.3, 0.4) is 0 Å². The molecular formula is C11H13BrO2S. The van der Waals surface area contributed by atoms with Gasteiger partial charge in [-0.15, -0.1) is 11.3 Å². The van der Waals surface area contributed by atoms with Gasteiger partial charge in [0.2, 0.25) is 0 Å². The second kappa shape index (κ2) is 5.23. The largest absolute Gasteiger partial charge is 0.381 e. The summed E-state index contributed by atoms with van der Waals surface area (Å²) in [5.74, 6) is 0.782. The summed E-state index contributed by atoms with van der Waals surface area (Å²) in [5.41, 5.74) is 0. The molecule has 1 aliphatic heterocycles. The summed E-state index contributed by atoms with van der Waals surface area (Å²) in [7, 11) is 0. The van der Waals surface area contributed by atoms with Crippen LogP contribution >= 0.6 is 27.3 Å². The van der Waals surface area contributed by atoms with Gasteiger partial charge in [-0.3, -0.25) is 4.79 Å². The van der Waals surface area contributed by atoms with E-state index in [-0.39, 0.29) is 0 Å². The molecule has 0 saturated carbocycles. The van der Waals surface area contributed by atoms with Crippen LogP contribution in [0.4, 0.5) is 0 Å². The van der Waals surface area contributed by atoms with Crippen LogP contribution in [0.5, 0.6) is 0 Å². The van der Waals surface area contributed by atoms with Crippen molar-refractivity contribution in [1.29, 1.82) is 0 Å². The fourth-order valence-corrected chi connectivity index (χ4v) is 3.29. The number of halogens is 1. The highest BCUT2D eigenvalue weighted by Crippen LogP contribution is 2.25. The normalized spacial score (nSPS) is 20.7. The highest BCUT2D eigenvalue weighted by molar-refractivity contribution is 9.10. The summed E-state index contributed by atoms with van der Waals surface area (Å²) in [6.07, 6.45) is 2.27. The summed E-state index contributed by atoms with van der Waals surface area (Å²) < 4.78 is 6.32. The molecule has 2 heterocycles. The number of ether oxygens (including phenoxy) is 1. The lowest BCUT2D eigenvalue weighted by atomic mass is 10.0. The highest BCUT2D eigenvalue weighted by atomic mass is 79.9. The maximum atomic E-state index is 11.7. The Bertz CT molecular complexity index is 342. The van der Waals surface area contributed by atoms with Gasteiger partial charge in [0, 0.05) is 35.4 Å². The number of carbonyl (C=O) groups excluding carboxylic acids is 1. The zero-order valence-corrected chi connectivity index (χ0v) is 10.8. The van der Waals surface area contributed by atoms with Crippen molar-refractivity contribution in [3.63, 3.8) is 0 Å². The molecule has 2 nitrogen and oxygen atoms in total. The number of hydrogen-bond donors (Lipinski definition) is 0. The third-order valence-corrected chi connectivity index (χ3v) is 4.52. The average Bonchev–Trinajstić information content (AvgIpc) is 2.79. The van der Waals surface area contributed by atoms with Gasteiger partial charge in [0.05, 0.1) is 0 Å². The van der Waals surface area contributed by atoms with Crippen molar-refractivity contribution in [3.8, 4) is 0 Å². The predicted octanol–water partition coefficient (Wildman–Crippen LogP) is 3.05. The van der Waals surface area contributed by atoms with E-state index in [1.807, 2.05) is 11.4 Å². The third-order valence-electron chi connectivity index (χ3n) is 2.59. The lowest BCUT2D eigenvalue weighted by molar-refractivity contribution is -0.119. The van der Waals surface area contributed by atoms with E-state index >= 15 is 0 Å². The molecule has 0 radical (unpaired) electrons. The van der Waals surface area contributed by atoms with Crippen LogP contribution in [0.25, 0.3) is 0 Å². The minimum Gasteiger partial charge on any atom is -0.381 e. The Labute approximate surface area is 102 Å². The van der Waals surface area contributed by atoms with Crippen LogP contribution in [0.1, 0.15) is 17.7 Å². The van der Waals surface area contributed by atoms with Crippen molar-refractivity contribution >= 4 is 33.0 Å². The molecule has 1 unspecified atom stereocenters. The Morgan fingerprint density at radius 3 is 3.13 bits per heavy atom. The monoisotopic (exact) mass is 288 g/mol. The molecule has 2 rings (SSSR count). The maximum Gasteiger partial charge on any atom is 0.138 e. The number of rotatable bonds is 4. The Balaban J connectivity index is 1.84. The molecule has 1 aliphatic rings. The van der Waals surface area contributed by atoms with Crippen molar-refractivity contribution in [3.05, 3.63) is 20.8 Å². The van der Waals surface area contributed by atoms with Gasteiger partial charge in [-0.05, 0) is 39.7 Å². The molecule has 1 aromatic heterocycles. The van der Waals surface area contributed by atoms with Crippen LogP contribution in [0.2, 0.25) is 0 Å². The molecule has 1 aromatic rings. The molecule has 0 spiro atoms. The fraction of sp³-hybridized carbons (Fsp3) is 0.545. The molecule has 1 fully saturated rings. The molecule has 0 amide bonds. The first-order chi connectivity index (χ1) is 7.25. The first kappa shape index (κ1) is 11.3. The van der Waals surface area contributed by atoms with E-state index in [1.165, 1.54) is 0 Å². The van der Waals surface area contributed by atoms with Crippen molar-refractivity contribution < 1.29 is 9.53 Å². The van der Waals surface area contributed by atoms with Crippen molar-refractivity contribution in [2.75, 3.05) is 13.2 Å². The Hall–Kier alpha value is -0.190. The van der Waals surface area contributed by atoms with E-state index in [2.05, 4.69) is 15.9 Å². The lowest BCUT2D eigenvalue weighted by Crippen LogP contribution is -2.10. The van der Waals surface area contributed by atoms with Crippen molar-refractivity contribution in [1.82, 2.24) is 0 Å². The SMILES string of the molecule is O=C(Cc1sccc1Br)CC1CCOC1. The summed E-state index contributed by atoms with van der Waals surface area (Å²) in [6, 6.07) is 1.99. The number of carbonyl (C=O) groups is 1. The van der Waals surface area contributed by atoms with Gasteiger partial charge in [-0.1, -0.05) is 0 Å². The summed E-state index contributed by atoms with van der Waals surface area (Å²) in [4.78, 5) is 12.9. The standard InChI is InChI=1S/C11H13BrO2S/c12-10-2-4-15-11(10)6-9(13)5-8-1-3-14-7-8/h2,4,8H,1,3,5-7H2. The van der Waals surface area contributed by atoms with Crippen LogP contribution in [-0.4, -0.2) is 19.0 Å². The number of thiophene rings is 1. The zero-order valence-electron chi connectivity index (χ0n) is 8.37. The Morgan fingerprint density at radius 1 is 1.67 bits per heavy atom. The number of hydrogen-bond acceptors (Lipinski definition) is 3. The van der Waals surface area contributed by atoms with E-state index in [0.717, 1.165) is 29.0 Å². The molecule has 1 saturated heterocycles. The molecular weight excluding hydrogens is 276 g/mol. The molecule has 0 aliphatic carbocycles. The molecule has 1 atom stereocenters. The van der Waals surface area contributed by atoms with Gasteiger partial charge in [0.15, 0.2) is 0 Å². The molecule has 82 valence electrons. The number of ketones is 1. The van der Waals surface area contributed by atoms with Gasteiger partial charge in [-0.2, -0.15) is 0 Å². The third kappa shape index (κ3) is 3.13. The smallest absolute Gasteiger partial charge is 0.138 e. The minimum absolute atomic E-state index is 0.327. The van der Waals surface area contributed by atoms with Crippen LogP contribution in [0, 0.1) is 5.92 Å². The van der Waals surface area contributed by atoms with Gasteiger partial charge in [0.25, 0.3) is 0 Å². The van der Waals surface area contributed by atoms with Crippen molar-refractivity contribution in [2.24, 2.45) is 5.92 Å². The van der Waals surface area contributed by atoms with Crippen LogP contribution < -0.4 is 0 Å². The summed E-state index contributed by atoms with van der Waals surface area (Å²) in [5, 5.41) is 2.01. The van der Waals surface area contributed by atoms with Gasteiger partial charge in [-0.25, -0.2) is 0 Å². The van der Waals surface area contributed by atoms with E-state index in [9.17, 15) is 4.79 Å². The van der Waals surface area contributed by atoms with E-state index in [0.29, 0.717) is 24.5 Å². The van der Waals surface area contributed by atoms with Gasteiger partial charge < -0.3 is 4.74 Å². The summed E-state index contributed by atoms with van der Waals surface area (Å²) in [6.45, 7) is 1.58. The average molecular weight is 289 g/mol. The maximum absolute atomic E-state index is 11.7. The minimum atomic E-state index is 0.327. The molecule has 15 heavy (non-hydrogen) atoms. The first-order valence-corrected chi connectivity index (χ1v) is 6.74. The predicted molar refractivity (Wildman–Crippen MR) is 64.3 cm³/mol. The van der Waals surface area contributed by atoms with Crippen LogP contribution in [-0.2, 0) is 16.0 Å². The quantitative estimate of drug-likeness (QED) is 0.851. The lowest BCUT2D eigenvalue weighted by Gasteiger charge is -2.05. The Kier molecular flexibility index (Phi) is 3.94. The van der Waals surface area contributed by atoms with Crippen LogP contribution in [0.15, 0.2) is 15.9 Å². The topological polar surface area (TPSA) is 26.3 Å². The fourth-order valence-electron chi connectivity index (χ4n) is 1.77. The molecule has 0 N–H and O–H groups in total. The molecule has 4 heteroatoms. The Morgan fingerprint density at radius 2 is 2.53 bits per heavy atom. The highest BCUT2D eigenvalue weighted by Gasteiger charge is 2.19. The van der Waals surface area contributed by atoms with Crippen molar-refractivity contribution in [2.45, 2.75) is 19.3 Å². The molecule has 0 aromatic carbocycles. The second-order valence-electron chi connectivity index (χ2n) is 3.84. The number of Topliss-reactive ketones (excluding diaryl/α,β-unsaturated/α-hetero) is 1. The summed E-state index contributed by atoms with van der Waals surface area (Å²) >= 11 is 5.08.